The van der Waals surface area contributed by atoms with Crippen LogP contribution in [0.3, 0.4) is 0 Å². The lowest BCUT2D eigenvalue weighted by Crippen LogP contribution is -2.46. The Labute approximate surface area is 194 Å². The van der Waals surface area contributed by atoms with Crippen molar-refractivity contribution in [2.75, 3.05) is 36.9 Å². The molecule has 0 bridgehead atoms. The molecule has 9 nitrogen and oxygen atoms in total. The number of alkyl halides is 2. The van der Waals surface area contributed by atoms with E-state index >= 15 is 0 Å². The first-order valence-electron chi connectivity index (χ1n) is 11.3. The summed E-state index contributed by atoms with van der Waals surface area (Å²) >= 11 is 0.898. The molecule has 0 unspecified atom stereocenters. The third kappa shape index (κ3) is 5.07. The molecule has 12 heteroatoms. The van der Waals surface area contributed by atoms with E-state index in [0.717, 1.165) is 75.9 Å². The molecule has 1 saturated heterocycles. The number of anilines is 3. The second kappa shape index (κ2) is 9.07. The number of aryl methyl sites for hydroxylation is 1. The van der Waals surface area contributed by atoms with Crippen LogP contribution >= 0.6 is 11.3 Å². The van der Waals surface area contributed by atoms with Gasteiger partial charge < -0.3 is 15.4 Å². The highest BCUT2D eigenvalue weighted by Gasteiger charge is 2.31. The van der Waals surface area contributed by atoms with Crippen LogP contribution in [-0.2, 0) is 17.7 Å². The molecule has 1 aliphatic heterocycles. The molecule has 5 rings (SSSR count). The quantitative estimate of drug-likeness (QED) is 0.554. The predicted molar refractivity (Wildman–Crippen MR) is 123 cm³/mol. The van der Waals surface area contributed by atoms with E-state index in [2.05, 4.69) is 35.6 Å². The smallest absolute Gasteiger partial charge is 0.296 e. The van der Waals surface area contributed by atoms with E-state index in [1.807, 2.05) is 7.05 Å². The average molecular weight is 479 g/mol. The van der Waals surface area contributed by atoms with Crippen LogP contribution in [0, 0.1) is 0 Å². The van der Waals surface area contributed by atoms with Crippen LogP contribution in [0.4, 0.5) is 26.2 Å². The van der Waals surface area contributed by atoms with Gasteiger partial charge in [0.15, 0.2) is 15.7 Å². The number of morpholine rings is 1. The fourth-order valence-electron chi connectivity index (χ4n) is 4.50. The Morgan fingerprint density at radius 2 is 1.88 bits per heavy atom. The van der Waals surface area contributed by atoms with Gasteiger partial charge in [-0.3, -0.25) is 9.58 Å². The molecular formula is C21H28F2N8OS. The first kappa shape index (κ1) is 22.4. The number of halogens is 2. The van der Waals surface area contributed by atoms with Crippen molar-refractivity contribution in [1.29, 1.82) is 0 Å². The van der Waals surface area contributed by atoms with Crippen LogP contribution in [-0.4, -0.2) is 68.0 Å². The van der Waals surface area contributed by atoms with Crippen molar-refractivity contribution in [3.8, 4) is 0 Å². The Bertz CT molecular complexity index is 1100. The van der Waals surface area contributed by atoms with Gasteiger partial charge in [0.1, 0.15) is 5.52 Å². The van der Waals surface area contributed by atoms with Gasteiger partial charge in [-0.05, 0) is 25.7 Å². The fraction of sp³-hybridized carbons (Fsp3) is 0.619. The summed E-state index contributed by atoms with van der Waals surface area (Å²) in [7, 11) is 1.81. The largest absolute Gasteiger partial charge is 0.379 e. The van der Waals surface area contributed by atoms with Crippen LogP contribution in [0.25, 0.3) is 10.3 Å². The summed E-state index contributed by atoms with van der Waals surface area (Å²) in [5.74, 6) is -2.21. The maximum absolute atomic E-state index is 14.0. The van der Waals surface area contributed by atoms with E-state index in [1.165, 1.54) is 0 Å². The van der Waals surface area contributed by atoms with Gasteiger partial charge in [0.05, 0.1) is 25.1 Å². The van der Waals surface area contributed by atoms with Crippen molar-refractivity contribution in [2.45, 2.75) is 50.6 Å². The zero-order valence-corrected chi connectivity index (χ0v) is 19.5. The van der Waals surface area contributed by atoms with E-state index in [0.29, 0.717) is 28.2 Å². The third-order valence-corrected chi connectivity index (χ3v) is 7.32. The Balaban J connectivity index is 1.36. The van der Waals surface area contributed by atoms with E-state index in [9.17, 15) is 8.78 Å². The Kier molecular flexibility index (Phi) is 6.14. The molecule has 0 spiro atoms. The van der Waals surface area contributed by atoms with E-state index < -0.39 is 5.92 Å². The van der Waals surface area contributed by atoms with Crippen molar-refractivity contribution in [2.24, 2.45) is 7.05 Å². The molecule has 2 fully saturated rings. The van der Waals surface area contributed by atoms with Crippen LogP contribution in [0.1, 0.15) is 37.6 Å². The van der Waals surface area contributed by atoms with Crippen LogP contribution < -0.4 is 10.6 Å². The zero-order chi connectivity index (χ0) is 23.0. The maximum Gasteiger partial charge on any atom is 0.296 e. The first-order chi connectivity index (χ1) is 15.8. The van der Waals surface area contributed by atoms with Gasteiger partial charge in [-0.25, -0.2) is 4.98 Å². The zero-order valence-electron chi connectivity index (χ0n) is 18.7. The molecule has 3 aromatic rings. The highest BCUT2D eigenvalue weighted by atomic mass is 32.1. The maximum atomic E-state index is 14.0. The number of hydrogen-bond donors (Lipinski definition) is 2. The summed E-state index contributed by atoms with van der Waals surface area (Å²) in [4.78, 5) is 16.2. The van der Waals surface area contributed by atoms with Gasteiger partial charge in [0.25, 0.3) is 5.92 Å². The lowest BCUT2D eigenvalue weighted by atomic mass is 9.90. The average Bonchev–Trinajstić information content (AvgIpc) is 3.41. The second-order valence-electron chi connectivity index (χ2n) is 8.78. The molecule has 4 heterocycles. The van der Waals surface area contributed by atoms with Gasteiger partial charge in [-0.2, -0.15) is 23.8 Å². The molecule has 178 valence electrons. The number of nitrogens with one attached hydrogen (secondary N) is 2. The highest BCUT2D eigenvalue weighted by Crippen LogP contribution is 2.36. The molecule has 33 heavy (non-hydrogen) atoms. The van der Waals surface area contributed by atoms with Crippen molar-refractivity contribution in [3.63, 3.8) is 0 Å². The van der Waals surface area contributed by atoms with Crippen molar-refractivity contribution in [3.05, 3.63) is 17.4 Å². The van der Waals surface area contributed by atoms with Crippen LogP contribution in [0.2, 0.25) is 0 Å². The molecule has 2 aliphatic rings. The molecule has 1 aliphatic carbocycles. The predicted octanol–water partition coefficient (Wildman–Crippen LogP) is 3.73. The van der Waals surface area contributed by atoms with E-state index in [-0.39, 0.29) is 11.0 Å². The van der Waals surface area contributed by atoms with E-state index in [4.69, 9.17) is 4.74 Å². The number of nitrogens with zero attached hydrogens (tertiary/aromatic N) is 6. The Morgan fingerprint density at radius 1 is 1.12 bits per heavy atom. The van der Waals surface area contributed by atoms with Crippen molar-refractivity contribution in [1.82, 2.24) is 29.6 Å². The van der Waals surface area contributed by atoms with Gasteiger partial charge in [-0.15, -0.1) is 0 Å². The van der Waals surface area contributed by atoms with Gasteiger partial charge in [-0.1, -0.05) is 11.3 Å². The van der Waals surface area contributed by atoms with Crippen molar-refractivity contribution >= 4 is 39.1 Å². The molecule has 3 aromatic heterocycles. The number of aromatic nitrogens is 5. The first-order valence-corrected chi connectivity index (χ1v) is 12.1. The Hall–Kier alpha value is -2.44. The Morgan fingerprint density at radius 3 is 2.55 bits per heavy atom. The minimum Gasteiger partial charge on any atom is -0.379 e. The lowest BCUT2D eigenvalue weighted by Gasteiger charge is -2.39. The second-order valence-corrected chi connectivity index (χ2v) is 9.76. The molecule has 2 N–H and O–H groups in total. The summed E-state index contributed by atoms with van der Waals surface area (Å²) in [6, 6.07) is 0.781. The summed E-state index contributed by atoms with van der Waals surface area (Å²) < 4.78 is 35.1. The molecule has 1 saturated carbocycles. The summed E-state index contributed by atoms with van der Waals surface area (Å²) in [6.07, 6.45) is 7.60. The topological polar surface area (TPSA) is 93.0 Å². The minimum atomic E-state index is -3.03. The fourth-order valence-corrected chi connectivity index (χ4v) is 5.37. The number of fused-ring (bicyclic) bond motifs is 1. The van der Waals surface area contributed by atoms with Crippen LogP contribution in [0.5, 0.6) is 0 Å². The van der Waals surface area contributed by atoms with Gasteiger partial charge in [0, 0.05) is 45.3 Å². The number of thiazole rings is 1. The number of rotatable bonds is 6. The molecular weight excluding hydrogens is 450 g/mol. The highest BCUT2D eigenvalue weighted by molar-refractivity contribution is 7.18. The summed E-state index contributed by atoms with van der Waals surface area (Å²) in [6.45, 7) is 4.44. The van der Waals surface area contributed by atoms with Gasteiger partial charge >= 0.3 is 0 Å². The summed E-state index contributed by atoms with van der Waals surface area (Å²) in [5, 5.41) is 10.5. The van der Waals surface area contributed by atoms with E-state index in [1.54, 1.807) is 17.1 Å². The lowest BCUT2D eigenvalue weighted by molar-refractivity contribution is 0.00791. The minimum absolute atomic E-state index is 0.207. The number of hydrogen-bond acceptors (Lipinski definition) is 9. The molecule has 0 atom stereocenters. The summed E-state index contributed by atoms with van der Waals surface area (Å²) in [5.41, 5.74) is 1.11. The van der Waals surface area contributed by atoms with Crippen molar-refractivity contribution < 1.29 is 13.5 Å². The number of ether oxygens (including phenoxy) is 1. The monoisotopic (exact) mass is 478 g/mol. The van der Waals surface area contributed by atoms with Gasteiger partial charge in [0.2, 0.25) is 5.95 Å². The SMILES string of the molecule is Cn1cc(Nc2nc(NC3CCC(N4CCOCC4)CC3)c3nc(C(C)(F)F)sc3n2)cn1. The normalized spacial score (nSPS) is 22.5. The molecule has 0 radical (unpaired) electrons. The molecule has 0 aromatic carbocycles. The third-order valence-electron chi connectivity index (χ3n) is 6.19. The molecule has 0 amide bonds. The standard InChI is InChI=1S/C21H28F2N8OS/c1-21(22,23)19-27-16-17(25-13-3-5-15(6-4-13)31-7-9-32-10-8-31)28-20(29-18(16)33-19)26-14-11-24-30(2)12-14/h11-13,15H,3-10H2,1-2H3,(H2,25,26,28,29). The van der Waals surface area contributed by atoms with Crippen LogP contribution in [0.15, 0.2) is 12.4 Å².